The smallest absolute Gasteiger partial charge is 0.224 e. The van der Waals surface area contributed by atoms with Crippen molar-refractivity contribution in [2.24, 2.45) is 7.05 Å². The quantitative estimate of drug-likeness (QED) is 0.917. The van der Waals surface area contributed by atoms with Gasteiger partial charge in [-0.25, -0.2) is 0 Å². The van der Waals surface area contributed by atoms with Crippen molar-refractivity contribution < 1.29 is 9.53 Å². The first kappa shape index (κ1) is 14.1. The van der Waals surface area contributed by atoms with E-state index in [4.69, 9.17) is 4.74 Å². The van der Waals surface area contributed by atoms with Gasteiger partial charge in [0.15, 0.2) is 0 Å². The Morgan fingerprint density at radius 2 is 2.29 bits per heavy atom. The van der Waals surface area contributed by atoms with E-state index < -0.39 is 0 Å². The number of aryl methyl sites for hydroxylation is 1. The Hall–Kier alpha value is -1.81. The average molecular weight is 286 g/mol. The highest BCUT2D eigenvalue weighted by atomic mass is 16.5. The number of carbonyl (C=O) groups excluding carboxylic acids is 1. The molecule has 2 aromatic rings. The van der Waals surface area contributed by atoms with Gasteiger partial charge in [-0.3, -0.25) is 4.79 Å². The van der Waals surface area contributed by atoms with Gasteiger partial charge in [0.05, 0.1) is 12.5 Å². The Kier molecular flexibility index (Phi) is 4.25. The summed E-state index contributed by atoms with van der Waals surface area (Å²) >= 11 is 0. The van der Waals surface area contributed by atoms with E-state index in [1.807, 2.05) is 25.4 Å². The van der Waals surface area contributed by atoms with Crippen molar-refractivity contribution >= 4 is 16.8 Å². The number of amides is 1. The number of benzene rings is 1. The summed E-state index contributed by atoms with van der Waals surface area (Å²) in [6.45, 7) is 1.57. The molecule has 0 unspecified atom stereocenters. The lowest BCUT2D eigenvalue weighted by atomic mass is 10.1. The van der Waals surface area contributed by atoms with Crippen LogP contribution in [-0.4, -0.2) is 29.7 Å². The van der Waals surface area contributed by atoms with Crippen molar-refractivity contribution in [2.75, 3.05) is 13.2 Å². The van der Waals surface area contributed by atoms with Gasteiger partial charge in [0.1, 0.15) is 0 Å². The Morgan fingerprint density at radius 3 is 3.10 bits per heavy atom. The van der Waals surface area contributed by atoms with Crippen LogP contribution in [0.1, 0.15) is 24.8 Å². The minimum Gasteiger partial charge on any atom is -0.378 e. The number of ether oxygens (including phenoxy) is 1. The SMILES string of the molecule is Cn1cc(CC(=O)NCC[C@@H]2CCCO2)c2ccccc21. The van der Waals surface area contributed by atoms with Gasteiger partial charge >= 0.3 is 0 Å². The van der Waals surface area contributed by atoms with Crippen LogP contribution in [-0.2, 0) is 23.0 Å². The Bertz CT molecular complexity index is 627. The highest BCUT2D eigenvalue weighted by molar-refractivity contribution is 5.89. The summed E-state index contributed by atoms with van der Waals surface area (Å²) in [6.07, 6.45) is 6.01. The van der Waals surface area contributed by atoms with Crippen LogP contribution in [0.2, 0.25) is 0 Å². The van der Waals surface area contributed by atoms with E-state index >= 15 is 0 Å². The molecule has 1 aliphatic rings. The molecule has 3 rings (SSSR count). The highest BCUT2D eigenvalue weighted by Crippen LogP contribution is 2.20. The van der Waals surface area contributed by atoms with Gasteiger partial charge < -0.3 is 14.6 Å². The number of nitrogens with zero attached hydrogens (tertiary/aromatic N) is 1. The Morgan fingerprint density at radius 1 is 1.43 bits per heavy atom. The van der Waals surface area contributed by atoms with Crippen LogP contribution in [0.5, 0.6) is 0 Å². The zero-order chi connectivity index (χ0) is 14.7. The second-order valence-electron chi connectivity index (χ2n) is 5.73. The standard InChI is InChI=1S/C17H22N2O2/c1-19-12-13(15-6-2-3-7-16(15)19)11-17(20)18-9-8-14-5-4-10-21-14/h2-3,6-7,12,14H,4-5,8-11H2,1H3,(H,18,20)/t14-/m0/s1. The summed E-state index contributed by atoms with van der Waals surface area (Å²) in [4.78, 5) is 12.1. The molecule has 1 aliphatic heterocycles. The van der Waals surface area contributed by atoms with Crippen LogP contribution >= 0.6 is 0 Å². The molecule has 0 radical (unpaired) electrons. The van der Waals surface area contributed by atoms with Gasteiger partial charge in [0, 0.05) is 37.3 Å². The van der Waals surface area contributed by atoms with Crippen molar-refractivity contribution in [1.82, 2.24) is 9.88 Å². The van der Waals surface area contributed by atoms with Gasteiger partial charge in [0.25, 0.3) is 0 Å². The normalized spacial score (nSPS) is 18.2. The summed E-state index contributed by atoms with van der Waals surface area (Å²) in [7, 11) is 2.02. The maximum atomic E-state index is 12.1. The van der Waals surface area contributed by atoms with E-state index in [2.05, 4.69) is 22.0 Å². The van der Waals surface area contributed by atoms with Gasteiger partial charge in [-0.1, -0.05) is 18.2 Å². The first-order valence-electron chi connectivity index (χ1n) is 7.65. The van der Waals surface area contributed by atoms with Crippen molar-refractivity contribution in [2.45, 2.75) is 31.8 Å². The predicted octanol–water partition coefficient (Wildman–Crippen LogP) is 2.41. The third-order valence-corrected chi connectivity index (χ3v) is 4.14. The third kappa shape index (κ3) is 3.27. The van der Waals surface area contributed by atoms with Crippen LogP contribution in [0, 0.1) is 0 Å². The van der Waals surface area contributed by atoms with Crippen molar-refractivity contribution in [3.8, 4) is 0 Å². The molecule has 21 heavy (non-hydrogen) atoms. The number of hydrogen-bond donors (Lipinski definition) is 1. The van der Waals surface area contributed by atoms with Crippen molar-refractivity contribution in [3.05, 3.63) is 36.0 Å². The molecule has 1 atom stereocenters. The molecule has 4 heteroatoms. The maximum Gasteiger partial charge on any atom is 0.224 e. The minimum absolute atomic E-state index is 0.0874. The fourth-order valence-corrected chi connectivity index (χ4v) is 3.05. The van der Waals surface area contributed by atoms with E-state index in [-0.39, 0.29) is 5.91 Å². The zero-order valence-electron chi connectivity index (χ0n) is 12.5. The number of fused-ring (bicyclic) bond motifs is 1. The topological polar surface area (TPSA) is 43.3 Å². The molecule has 1 fully saturated rings. The summed E-state index contributed by atoms with van der Waals surface area (Å²) in [5, 5.41) is 4.17. The third-order valence-electron chi connectivity index (χ3n) is 4.14. The lowest BCUT2D eigenvalue weighted by molar-refractivity contribution is -0.120. The minimum atomic E-state index is 0.0874. The molecule has 1 saturated heterocycles. The van der Waals surface area contributed by atoms with Gasteiger partial charge in [-0.15, -0.1) is 0 Å². The molecule has 1 amide bonds. The largest absolute Gasteiger partial charge is 0.378 e. The molecule has 1 aromatic heterocycles. The first-order valence-corrected chi connectivity index (χ1v) is 7.65. The first-order chi connectivity index (χ1) is 10.2. The van der Waals surface area contributed by atoms with Crippen LogP contribution in [0.4, 0.5) is 0 Å². The fraction of sp³-hybridized carbons (Fsp3) is 0.471. The molecular formula is C17H22N2O2. The highest BCUT2D eigenvalue weighted by Gasteiger charge is 2.15. The molecule has 1 aromatic carbocycles. The second kappa shape index (κ2) is 6.31. The predicted molar refractivity (Wildman–Crippen MR) is 83.2 cm³/mol. The van der Waals surface area contributed by atoms with Crippen molar-refractivity contribution in [1.29, 1.82) is 0 Å². The van der Waals surface area contributed by atoms with Crippen LogP contribution in [0.15, 0.2) is 30.5 Å². The molecule has 1 N–H and O–H groups in total. The van der Waals surface area contributed by atoms with Gasteiger partial charge in [-0.05, 0) is 30.9 Å². The summed E-state index contributed by atoms with van der Waals surface area (Å²) in [6, 6.07) is 8.19. The number of carbonyl (C=O) groups is 1. The summed E-state index contributed by atoms with van der Waals surface area (Å²) < 4.78 is 7.63. The summed E-state index contributed by atoms with van der Waals surface area (Å²) in [5.41, 5.74) is 2.25. The second-order valence-corrected chi connectivity index (χ2v) is 5.73. The molecule has 4 nitrogen and oxygen atoms in total. The van der Waals surface area contributed by atoms with E-state index in [9.17, 15) is 4.79 Å². The van der Waals surface area contributed by atoms with E-state index in [1.165, 1.54) is 5.52 Å². The maximum absolute atomic E-state index is 12.1. The molecular weight excluding hydrogens is 264 g/mol. The van der Waals surface area contributed by atoms with E-state index in [1.54, 1.807) is 0 Å². The van der Waals surface area contributed by atoms with E-state index in [0.717, 1.165) is 36.8 Å². The number of para-hydroxylation sites is 1. The zero-order valence-corrected chi connectivity index (χ0v) is 12.5. The lowest BCUT2D eigenvalue weighted by Crippen LogP contribution is -2.28. The van der Waals surface area contributed by atoms with Crippen molar-refractivity contribution in [3.63, 3.8) is 0 Å². The number of rotatable bonds is 5. The molecule has 0 bridgehead atoms. The van der Waals surface area contributed by atoms with Crippen LogP contribution in [0.25, 0.3) is 10.9 Å². The lowest BCUT2D eigenvalue weighted by Gasteiger charge is -2.09. The Labute approximate surface area is 125 Å². The van der Waals surface area contributed by atoms with Crippen LogP contribution in [0.3, 0.4) is 0 Å². The monoisotopic (exact) mass is 286 g/mol. The Balaban J connectivity index is 1.56. The van der Waals surface area contributed by atoms with Gasteiger partial charge in [-0.2, -0.15) is 0 Å². The number of aromatic nitrogens is 1. The van der Waals surface area contributed by atoms with E-state index in [0.29, 0.717) is 19.1 Å². The fourth-order valence-electron chi connectivity index (χ4n) is 3.05. The average Bonchev–Trinajstić information content (AvgIpc) is 3.09. The van der Waals surface area contributed by atoms with Gasteiger partial charge in [0.2, 0.25) is 5.91 Å². The molecule has 112 valence electrons. The molecule has 0 spiro atoms. The number of nitrogens with one attached hydrogen (secondary N) is 1. The number of hydrogen-bond acceptors (Lipinski definition) is 2. The summed E-state index contributed by atoms with van der Waals surface area (Å²) in [5.74, 6) is 0.0874. The molecule has 0 saturated carbocycles. The molecule has 2 heterocycles. The van der Waals surface area contributed by atoms with Crippen LogP contribution < -0.4 is 5.32 Å². The molecule has 0 aliphatic carbocycles.